The van der Waals surface area contributed by atoms with Gasteiger partial charge in [0.15, 0.2) is 0 Å². The lowest BCUT2D eigenvalue weighted by molar-refractivity contribution is 0.0690. The van der Waals surface area contributed by atoms with Gasteiger partial charge in [-0.2, -0.15) is 11.8 Å². The molecule has 0 amide bonds. The molecular weight excluding hydrogens is 248 g/mol. The van der Waals surface area contributed by atoms with Crippen molar-refractivity contribution in [2.45, 2.75) is 31.1 Å². The lowest BCUT2D eigenvalue weighted by Gasteiger charge is -2.22. The standard InChI is InChI=1S/C13H18N2O2S/c1-13(6-3-7-18-13)9-14-8-10-4-2-5-11(15-10)12(16)17/h2,4-5,14H,3,6-9H2,1H3,(H,16,17). The molecule has 98 valence electrons. The fourth-order valence-corrected chi connectivity index (χ4v) is 3.40. The molecule has 1 aromatic rings. The fourth-order valence-electron chi connectivity index (χ4n) is 2.13. The van der Waals surface area contributed by atoms with Crippen molar-refractivity contribution < 1.29 is 9.90 Å². The van der Waals surface area contributed by atoms with E-state index in [2.05, 4.69) is 17.2 Å². The summed E-state index contributed by atoms with van der Waals surface area (Å²) in [5.74, 6) is 0.264. The number of carboxylic acids is 1. The fraction of sp³-hybridized carbons (Fsp3) is 0.538. The maximum atomic E-state index is 10.8. The van der Waals surface area contributed by atoms with Crippen molar-refractivity contribution >= 4 is 17.7 Å². The molecular formula is C13H18N2O2S. The molecule has 2 N–H and O–H groups in total. The molecule has 0 spiro atoms. The largest absolute Gasteiger partial charge is 0.477 e. The molecule has 1 aromatic heterocycles. The zero-order valence-electron chi connectivity index (χ0n) is 10.5. The van der Waals surface area contributed by atoms with Crippen LogP contribution < -0.4 is 5.32 Å². The Morgan fingerprint density at radius 1 is 1.61 bits per heavy atom. The molecule has 1 fully saturated rings. The van der Waals surface area contributed by atoms with Gasteiger partial charge in [-0.05, 0) is 37.7 Å². The molecule has 1 unspecified atom stereocenters. The van der Waals surface area contributed by atoms with E-state index >= 15 is 0 Å². The number of aromatic carboxylic acids is 1. The van der Waals surface area contributed by atoms with E-state index in [1.807, 2.05) is 17.8 Å². The summed E-state index contributed by atoms with van der Waals surface area (Å²) in [5.41, 5.74) is 0.886. The summed E-state index contributed by atoms with van der Waals surface area (Å²) in [5, 5.41) is 12.2. The van der Waals surface area contributed by atoms with E-state index in [4.69, 9.17) is 5.11 Å². The van der Waals surface area contributed by atoms with Crippen LogP contribution in [-0.2, 0) is 6.54 Å². The number of nitrogens with zero attached hydrogens (tertiary/aromatic N) is 1. The van der Waals surface area contributed by atoms with Crippen molar-refractivity contribution in [1.29, 1.82) is 0 Å². The van der Waals surface area contributed by atoms with E-state index in [0.29, 0.717) is 11.3 Å². The van der Waals surface area contributed by atoms with Crippen LogP contribution in [0.25, 0.3) is 0 Å². The Kier molecular flexibility index (Phi) is 4.24. The van der Waals surface area contributed by atoms with Crippen LogP contribution in [0.5, 0.6) is 0 Å². The highest BCUT2D eigenvalue weighted by Crippen LogP contribution is 2.36. The number of thioether (sulfide) groups is 1. The van der Waals surface area contributed by atoms with E-state index in [-0.39, 0.29) is 5.69 Å². The van der Waals surface area contributed by atoms with E-state index in [9.17, 15) is 4.79 Å². The third-order valence-corrected chi connectivity index (χ3v) is 4.67. The van der Waals surface area contributed by atoms with Gasteiger partial charge in [-0.15, -0.1) is 0 Å². The number of carboxylic acid groups (broad SMARTS) is 1. The van der Waals surface area contributed by atoms with Gasteiger partial charge in [-0.3, -0.25) is 0 Å². The minimum atomic E-state index is -0.977. The summed E-state index contributed by atoms with van der Waals surface area (Å²) in [4.78, 5) is 14.9. The number of nitrogens with one attached hydrogen (secondary N) is 1. The van der Waals surface area contributed by atoms with Gasteiger partial charge in [0.05, 0.1) is 5.69 Å². The smallest absolute Gasteiger partial charge is 0.354 e. The van der Waals surface area contributed by atoms with Gasteiger partial charge in [0.25, 0.3) is 0 Å². The SMILES string of the molecule is CC1(CNCc2cccc(C(=O)O)n2)CCCS1. The topological polar surface area (TPSA) is 62.2 Å². The summed E-state index contributed by atoms with van der Waals surface area (Å²) in [6.07, 6.45) is 2.53. The Morgan fingerprint density at radius 2 is 2.44 bits per heavy atom. The first-order valence-electron chi connectivity index (χ1n) is 6.13. The molecule has 5 heteroatoms. The number of carbonyl (C=O) groups is 1. The minimum Gasteiger partial charge on any atom is -0.477 e. The van der Waals surface area contributed by atoms with E-state index in [0.717, 1.165) is 12.2 Å². The molecule has 1 atom stereocenters. The van der Waals surface area contributed by atoms with Gasteiger partial charge in [-0.1, -0.05) is 6.07 Å². The molecule has 0 saturated carbocycles. The van der Waals surface area contributed by atoms with Gasteiger partial charge < -0.3 is 10.4 Å². The summed E-state index contributed by atoms with van der Waals surface area (Å²) in [6, 6.07) is 5.10. The van der Waals surface area contributed by atoms with Gasteiger partial charge >= 0.3 is 5.97 Å². The zero-order chi connectivity index (χ0) is 13.0. The minimum absolute atomic E-state index is 0.107. The predicted molar refractivity (Wildman–Crippen MR) is 73.0 cm³/mol. The van der Waals surface area contributed by atoms with Crippen molar-refractivity contribution in [3.05, 3.63) is 29.6 Å². The van der Waals surface area contributed by atoms with Crippen LogP contribution in [-0.4, -0.2) is 33.1 Å². The van der Waals surface area contributed by atoms with Gasteiger partial charge in [0.1, 0.15) is 5.69 Å². The second-order valence-electron chi connectivity index (χ2n) is 4.82. The lowest BCUT2D eigenvalue weighted by Crippen LogP contribution is -2.32. The molecule has 4 nitrogen and oxygen atoms in total. The highest BCUT2D eigenvalue weighted by Gasteiger charge is 2.28. The van der Waals surface area contributed by atoms with Crippen LogP contribution in [0.4, 0.5) is 0 Å². The molecule has 1 saturated heterocycles. The van der Waals surface area contributed by atoms with Crippen LogP contribution in [0, 0.1) is 0 Å². The monoisotopic (exact) mass is 266 g/mol. The van der Waals surface area contributed by atoms with Crippen LogP contribution in [0.3, 0.4) is 0 Å². The summed E-state index contributed by atoms with van der Waals surface area (Å²) in [7, 11) is 0. The number of pyridine rings is 1. The van der Waals surface area contributed by atoms with E-state index < -0.39 is 5.97 Å². The first kappa shape index (κ1) is 13.4. The number of hydrogen-bond donors (Lipinski definition) is 2. The Labute approximate surface area is 111 Å². The highest BCUT2D eigenvalue weighted by molar-refractivity contribution is 8.00. The first-order chi connectivity index (χ1) is 8.59. The van der Waals surface area contributed by atoms with Crippen molar-refractivity contribution in [3.63, 3.8) is 0 Å². The predicted octanol–water partition coefficient (Wildman–Crippen LogP) is 2.16. The zero-order valence-corrected chi connectivity index (χ0v) is 11.3. The Balaban J connectivity index is 1.86. The third kappa shape index (κ3) is 3.46. The molecule has 0 radical (unpaired) electrons. The molecule has 18 heavy (non-hydrogen) atoms. The van der Waals surface area contributed by atoms with Crippen LogP contribution >= 0.6 is 11.8 Å². The van der Waals surface area contributed by atoms with Crippen LogP contribution in [0.2, 0.25) is 0 Å². The Hall–Kier alpha value is -1.07. The van der Waals surface area contributed by atoms with Gasteiger partial charge in [0.2, 0.25) is 0 Å². The average Bonchev–Trinajstić information content (AvgIpc) is 2.77. The molecule has 2 heterocycles. The molecule has 1 aliphatic heterocycles. The Bertz CT molecular complexity index is 431. The average molecular weight is 266 g/mol. The number of hydrogen-bond acceptors (Lipinski definition) is 4. The highest BCUT2D eigenvalue weighted by atomic mass is 32.2. The quantitative estimate of drug-likeness (QED) is 0.855. The van der Waals surface area contributed by atoms with Gasteiger partial charge in [-0.25, -0.2) is 9.78 Å². The van der Waals surface area contributed by atoms with Crippen molar-refractivity contribution in [1.82, 2.24) is 10.3 Å². The third-order valence-electron chi connectivity index (χ3n) is 3.13. The molecule has 0 aliphatic carbocycles. The summed E-state index contributed by atoms with van der Waals surface area (Å²) >= 11 is 2.01. The summed E-state index contributed by atoms with van der Waals surface area (Å²) < 4.78 is 0.324. The molecule has 0 bridgehead atoms. The maximum Gasteiger partial charge on any atom is 0.354 e. The molecule has 0 aromatic carbocycles. The maximum absolute atomic E-state index is 10.8. The molecule has 1 aliphatic rings. The second kappa shape index (κ2) is 5.71. The number of aromatic nitrogens is 1. The first-order valence-corrected chi connectivity index (χ1v) is 7.12. The van der Waals surface area contributed by atoms with Crippen LogP contribution in [0.1, 0.15) is 35.9 Å². The Morgan fingerprint density at radius 3 is 3.11 bits per heavy atom. The van der Waals surface area contributed by atoms with Crippen molar-refractivity contribution in [3.8, 4) is 0 Å². The van der Waals surface area contributed by atoms with Gasteiger partial charge in [0, 0.05) is 17.8 Å². The van der Waals surface area contributed by atoms with Crippen molar-refractivity contribution in [2.75, 3.05) is 12.3 Å². The van der Waals surface area contributed by atoms with Crippen LogP contribution in [0.15, 0.2) is 18.2 Å². The second-order valence-corrected chi connectivity index (χ2v) is 6.51. The molecule has 2 rings (SSSR count). The number of rotatable bonds is 5. The summed E-state index contributed by atoms with van der Waals surface area (Å²) in [6.45, 7) is 3.84. The normalized spacial score (nSPS) is 23.2. The van der Waals surface area contributed by atoms with E-state index in [1.165, 1.54) is 24.7 Å². The van der Waals surface area contributed by atoms with Crippen molar-refractivity contribution in [2.24, 2.45) is 0 Å². The van der Waals surface area contributed by atoms with E-state index in [1.54, 1.807) is 6.07 Å². The lowest BCUT2D eigenvalue weighted by atomic mass is 10.1.